The molecule has 1 saturated carbocycles. The number of carbonyl (C=O) groups excluding carboxylic acids is 1. The van der Waals surface area contributed by atoms with Crippen molar-refractivity contribution in [2.24, 2.45) is 5.92 Å². The molecular formula is C17H24ClNO2. The second kappa shape index (κ2) is 7.17. The van der Waals surface area contributed by atoms with E-state index in [9.17, 15) is 4.79 Å². The summed E-state index contributed by atoms with van der Waals surface area (Å²) in [7, 11) is 1.45. The van der Waals surface area contributed by atoms with Gasteiger partial charge in [-0.25, -0.2) is 4.79 Å². The molecular weight excluding hydrogens is 286 g/mol. The van der Waals surface area contributed by atoms with Crippen LogP contribution >= 0.6 is 11.6 Å². The number of carbonyl (C=O) groups is 1. The molecule has 1 aromatic carbocycles. The summed E-state index contributed by atoms with van der Waals surface area (Å²) in [4.78, 5) is 12.3. The van der Waals surface area contributed by atoms with E-state index in [1.807, 2.05) is 24.3 Å². The number of ether oxygens (including phenoxy) is 1. The highest BCUT2D eigenvalue weighted by Gasteiger charge is 2.43. The molecule has 1 fully saturated rings. The van der Waals surface area contributed by atoms with Gasteiger partial charge in [-0.1, -0.05) is 43.5 Å². The summed E-state index contributed by atoms with van der Waals surface area (Å²) in [5, 5.41) is 4.01. The third kappa shape index (κ3) is 3.70. The summed E-state index contributed by atoms with van der Waals surface area (Å²) >= 11 is 6.22. The molecule has 1 aromatic rings. The fourth-order valence-corrected chi connectivity index (χ4v) is 3.45. The number of hydrogen-bond acceptors (Lipinski definition) is 3. The minimum Gasteiger partial charge on any atom is -0.467 e. The van der Waals surface area contributed by atoms with Crippen LogP contribution in [0, 0.1) is 5.92 Å². The van der Waals surface area contributed by atoms with Crippen LogP contribution in [0.3, 0.4) is 0 Å². The van der Waals surface area contributed by atoms with Crippen molar-refractivity contribution in [3.8, 4) is 0 Å². The van der Waals surface area contributed by atoms with Gasteiger partial charge < -0.3 is 10.1 Å². The zero-order valence-corrected chi connectivity index (χ0v) is 13.6. The first kappa shape index (κ1) is 16.2. The van der Waals surface area contributed by atoms with Crippen LogP contribution in [0.2, 0.25) is 5.02 Å². The summed E-state index contributed by atoms with van der Waals surface area (Å²) in [5.41, 5.74) is 0.169. The highest BCUT2D eigenvalue weighted by molar-refractivity contribution is 6.33. The average molecular weight is 310 g/mol. The van der Waals surface area contributed by atoms with Crippen molar-refractivity contribution in [3.05, 3.63) is 29.3 Å². The highest BCUT2D eigenvalue weighted by Crippen LogP contribution is 2.38. The number of esters is 1. The molecule has 0 bridgehead atoms. The smallest absolute Gasteiger partial charge is 0.331 e. The first-order valence-electron chi connectivity index (χ1n) is 7.72. The molecule has 0 heterocycles. The van der Waals surface area contributed by atoms with Crippen molar-refractivity contribution in [1.29, 1.82) is 0 Å². The molecule has 0 unspecified atom stereocenters. The lowest BCUT2D eigenvalue weighted by Gasteiger charge is -2.39. The van der Waals surface area contributed by atoms with E-state index in [0.29, 0.717) is 5.02 Å². The number of rotatable bonds is 5. The fraction of sp³-hybridized carbons (Fsp3) is 0.588. The average Bonchev–Trinajstić information content (AvgIpc) is 2.51. The Balaban J connectivity index is 2.16. The van der Waals surface area contributed by atoms with Gasteiger partial charge in [0, 0.05) is 0 Å². The highest BCUT2D eigenvalue weighted by atomic mass is 35.5. The molecule has 1 aliphatic carbocycles. The van der Waals surface area contributed by atoms with Crippen molar-refractivity contribution in [3.63, 3.8) is 0 Å². The molecule has 0 aromatic heterocycles. The molecule has 1 aliphatic rings. The predicted octanol–water partition coefficient (Wildman–Crippen LogP) is 4.65. The van der Waals surface area contributed by atoms with Crippen LogP contribution in [0.1, 0.15) is 45.4 Å². The van der Waals surface area contributed by atoms with Crippen LogP contribution in [0.4, 0.5) is 5.69 Å². The molecule has 4 heteroatoms. The van der Waals surface area contributed by atoms with E-state index in [4.69, 9.17) is 16.3 Å². The van der Waals surface area contributed by atoms with E-state index in [2.05, 4.69) is 12.2 Å². The van der Waals surface area contributed by atoms with Gasteiger partial charge in [0.15, 0.2) is 0 Å². The molecule has 0 radical (unpaired) electrons. The zero-order chi connectivity index (χ0) is 15.3. The van der Waals surface area contributed by atoms with E-state index < -0.39 is 5.54 Å². The minimum absolute atomic E-state index is 0.183. The van der Waals surface area contributed by atoms with Crippen LogP contribution in [0.25, 0.3) is 0 Å². The number of nitrogens with one attached hydrogen (secondary N) is 1. The van der Waals surface area contributed by atoms with Gasteiger partial charge in [0.1, 0.15) is 5.54 Å². The Morgan fingerprint density at radius 2 is 2.05 bits per heavy atom. The minimum atomic E-state index is -0.635. The normalized spacial score (nSPS) is 25.4. The summed E-state index contributed by atoms with van der Waals surface area (Å²) in [6.07, 6.45) is 6.16. The van der Waals surface area contributed by atoms with Crippen LogP contribution < -0.4 is 5.32 Å². The van der Waals surface area contributed by atoms with Gasteiger partial charge in [0.25, 0.3) is 0 Å². The molecule has 0 atom stereocenters. The number of para-hydroxylation sites is 1. The lowest BCUT2D eigenvalue weighted by molar-refractivity contribution is -0.147. The number of hydrogen-bond donors (Lipinski definition) is 1. The van der Waals surface area contributed by atoms with Crippen LogP contribution in [0.15, 0.2) is 24.3 Å². The second-order valence-corrected chi connectivity index (χ2v) is 6.32. The largest absolute Gasteiger partial charge is 0.467 e. The Bertz CT molecular complexity index is 481. The van der Waals surface area contributed by atoms with Crippen LogP contribution in [-0.4, -0.2) is 18.6 Å². The second-order valence-electron chi connectivity index (χ2n) is 5.91. The van der Waals surface area contributed by atoms with Gasteiger partial charge in [-0.3, -0.25) is 0 Å². The standard InChI is InChI=1S/C17H24ClNO2/c1-3-6-13-9-11-17(12-10-13,16(20)21-2)19-15-8-5-4-7-14(15)18/h4-5,7-8,13,19H,3,6,9-12H2,1-2H3. The topological polar surface area (TPSA) is 38.3 Å². The van der Waals surface area contributed by atoms with E-state index >= 15 is 0 Å². The molecule has 1 N–H and O–H groups in total. The molecule has 0 saturated heterocycles. The molecule has 2 rings (SSSR count). The Kier molecular flexibility index (Phi) is 5.51. The van der Waals surface area contributed by atoms with Crippen molar-refractivity contribution in [2.75, 3.05) is 12.4 Å². The van der Waals surface area contributed by atoms with Gasteiger partial charge in [-0.05, 0) is 43.7 Å². The predicted molar refractivity (Wildman–Crippen MR) is 86.7 cm³/mol. The van der Waals surface area contributed by atoms with E-state index in [1.165, 1.54) is 20.0 Å². The Labute approximate surface area is 132 Å². The van der Waals surface area contributed by atoms with Gasteiger partial charge in [-0.15, -0.1) is 0 Å². The maximum Gasteiger partial charge on any atom is 0.331 e. The van der Waals surface area contributed by atoms with Crippen molar-refractivity contribution >= 4 is 23.3 Å². The summed E-state index contributed by atoms with van der Waals surface area (Å²) < 4.78 is 5.06. The summed E-state index contributed by atoms with van der Waals surface area (Å²) in [5.74, 6) is 0.540. The Morgan fingerprint density at radius 3 is 2.62 bits per heavy atom. The maximum absolute atomic E-state index is 12.3. The third-order valence-electron chi connectivity index (χ3n) is 4.48. The molecule has 116 valence electrons. The van der Waals surface area contributed by atoms with Crippen LogP contribution in [0.5, 0.6) is 0 Å². The Hall–Kier alpha value is -1.22. The van der Waals surface area contributed by atoms with Crippen molar-refractivity contribution < 1.29 is 9.53 Å². The van der Waals surface area contributed by atoms with Crippen molar-refractivity contribution in [2.45, 2.75) is 51.0 Å². The molecule has 21 heavy (non-hydrogen) atoms. The zero-order valence-electron chi connectivity index (χ0n) is 12.8. The summed E-state index contributed by atoms with van der Waals surface area (Å²) in [6.45, 7) is 2.21. The Morgan fingerprint density at radius 1 is 1.38 bits per heavy atom. The van der Waals surface area contributed by atoms with Crippen LogP contribution in [-0.2, 0) is 9.53 Å². The van der Waals surface area contributed by atoms with E-state index in [0.717, 1.165) is 37.3 Å². The monoisotopic (exact) mass is 309 g/mol. The van der Waals surface area contributed by atoms with Gasteiger partial charge >= 0.3 is 5.97 Å². The molecule has 0 spiro atoms. The lowest BCUT2D eigenvalue weighted by Crippen LogP contribution is -2.49. The molecule has 0 aliphatic heterocycles. The molecule has 3 nitrogen and oxygen atoms in total. The number of methoxy groups -OCH3 is 1. The number of benzene rings is 1. The number of anilines is 1. The summed E-state index contributed by atoms with van der Waals surface area (Å²) in [6, 6.07) is 7.54. The first-order chi connectivity index (χ1) is 10.1. The maximum atomic E-state index is 12.3. The quantitative estimate of drug-likeness (QED) is 0.804. The van der Waals surface area contributed by atoms with Crippen molar-refractivity contribution in [1.82, 2.24) is 0 Å². The van der Waals surface area contributed by atoms with Gasteiger partial charge in [0.2, 0.25) is 0 Å². The molecule has 0 amide bonds. The third-order valence-corrected chi connectivity index (χ3v) is 4.81. The van der Waals surface area contributed by atoms with E-state index in [1.54, 1.807) is 0 Å². The first-order valence-corrected chi connectivity index (χ1v) is 8.10. The van der Waals surface area contributed by atoms with E-state index in [-0.39, 0.29) is 5.97 Å². The fourth-order valence-electron chi connectivity index (χ4n) is 3.26. The lowest BCUT2D eigenvalue weighted by atomic mass is 9.75. The van der Waals surface area contributed by atoms with Gasteiger partial charge in [0.05, 0.1) is 17.8 Å². The van der Waals surface area contributed by atoms with Gasteiger partial charge in [-0.2, -0.15) is 0 Å². The number of halogens is 1. The SMILES string of the molecule is CCCC1CCC(Nc2ccccc2Cl)(C(=O)OC)CC1.